The average molecular weight is 711 g/mol. The van der Waals surface area contributed by atoms with Gasteiger partial charge in [-0.15, -0.1) is 0 Å². The molecule has 7 N–H and O–H groups in total. The quantitative estimate of drug-likeness (QED) is 0.0523. The molecule has 4 aromatic rings. The zero-order valence-corrected chi connectivity index (χ0v) is 29.6. The third kappa shape index (κ3) is 11.6. The molecule has 1 saturated heterocycles. The molecule has 11 nitrogen and oxygen atoms in total. The van der Waals surface area contributed by atoms with Gasteiger partial charge in [-0.05, 0) is 73.0 Å². The molecule has 11 heteroatoms. The molecule has 4 atom stereocenters. The summed E-state index contributed by atoms with van der Waals surface area (Å²) in [6.45, 7) is 0.841. The molecular weight excluding hydrogens is 660 g/mol. The van der Waals surface area contributed by atoms with E-state index in [1.54, 1.807) is 36.4 Å². The maximum Gasteiger partial charge on any atom is 0.224 e. The largest absolute Gasteiger partial charge is 0.508 e. The van der Waals surface area contributed by atoms with Crippen LogP contribution in [0.25, 0.3) is 0 Å². The fourth-order valence-corrected chi connectivity index (χ4v) is 6.28. The molecule has 0 bridgehead atoms. The summed E-state index contributed by atoms with van der Waals surface area (Å²) in [6.07, 6.45) is 2.60. The summed E-state index contributed by atoms with van der Waals surface area (Å²) in [5.41, 5.74) is 11.0. The lowest BCUT2D eigenvalue weighted by molar-refractivity contribution is -0.252. The van der Waals surface area contributed by atoms with Crippen LogP contribution in [0.2, 0.25) is 0 Å². The molecule has 4 aromatic carbocycles. The van der Waals surface area contributed by atoms with Crippen molar-refractivity contribution in [1.82, 2.24) is 4.90 Å². The highest BCUT2D eigenvalue weighted by Crippen LogP contribution is 2.38. The number of para-hydroxylation sites is 2. The lowest BCUT2D eigenvalue weighted by Crippen LogP contribution is -2.39. The molecule has 1 fully saturated rings. The number of rotatable bonds is 17. The second-order valence-electron chi connectivity index (χ2n) is 13.4. The first-order valence-electron chi connectivity index (χ1n) is 17.9. The Bertz CT molecular complexity index is 1730. The van der Waals surface area contributed by atoms with Crippen LogP contribution < -0.4 is 16.4 Å². The van der Waals surface area contributed by atoms with Crippen LogP contribution in [-0.2, 0) is 25.7 Å². The van der Waals surface area contributed by atoms with E-state index in [2.05, 4.69) is 10.6 Å². The van der Waals surface area contributed by atoms with E-state index >= 15 is 0 Å². The number of amides is 2. The van der Waals surface area contributed by atoms with E-state index in [0.717, 1.165) is 42.4 Å². The van der Waals surface area contributed by atoms with Crippen LogP contribution in [-0.4, -0.2) is 58.3 Å². The smallest absolute Gasteiger partial charge is 0.224 e. The number of phenols is 1. The highest BCUT2D eigenvalue weighted by Gasteiger charge is 2.33. The number of phenolic OH excluding ortho intramolecular Hbond substituents is 1. The highest BCUT2D eigenvalue weighted by molar-refractivity contribution is 5.93. The summed E-state index contributed by atoms with van der Waals surface area (Å²) >= 11 is 0. The first-order chi connectivity index (χ1) is 25.2. The van der Waals surface area contributed by atoms with Crippen LogP contribution in [0, 0.1) is 0 Å². The number of unbranched alkanes of at least 4 members (excludes halogenated alkanes) is 3. The summed E-state index contributed by atoms with van der Waals surface area (Å²) in [6, 6.07) is 28.9. The van der Waals surface area contributed by atoms with Crippen LogP contribution in [0.5, 0.6) is 5.75 Å². The Kier molecular flexibility index (Phi) is 14.2. The van der Waals surface area contributed by atoms with E-state index in [0.29, 0.717) is 55.0 Å². The number of carbonyl (C=O) groups is 2. The number of nitrogen functional groups attached to an aromatic ring is 1. The molecule has 0 spiro atoms. The van der Waals surface area contributed by atoms with Crippen molar-refractivity contribution in [2.75, 3.05) is 36.5 Å². The van der Waals surface area contributed by atoms with Gasteiger partial charge >= 0.3 is 0 Å². The van der Waals surface area contributed by atoms with Crippen LogP contribution in [0.3, 0.4) is 0 Å². The number of hydrogen-bond donors (Lipinski definition) is 6. The maximum absolute atomic E-state index is 12.7. The van der Waals surface area contributed by atoms with E-state index in [1.807, 2.05) is 72.6 Å². The molecule has 1 aliphatic rings. The van der Waals surface area contributed by atoms with Gasteiger partial charge in [0.15, 0.2) is 6.29 Å². The van der Waals surface area contributed by atoms with E-state index < -0.39 is 12.4 Å². The standard InChI is InChI=1S/C41H50N4O7/c1-45(26-37(48)31-9-8-10-33(47)23-31)25-34-24-38(29-17-15-28(27-46)16-18-29)52-41(51-34)30-19-21-32(22-20-30)43-39(49)13-4-2-3-5-14-40(50)44-36-12-7-6-11-35(36)42/h6-12,15-23,34,37-38,41,46-48H,2-5,13-14,24-27,42H2,1H3,(H,43,49)(H,44,50)/t34-,37-,38+,41+/m1/s1. The van der Waals surface area contributed by atoms with Gasteiger partial charge in [-0.25, -0.2) is 0 Å². The minimum absolute atomic E-state index is 0.0401. The lowest BCUT2D eigenvalue weighted by atomic mass is 9.99. The SMILES string of the molecule is CN(C[C@H]1C[C@@H](c2ccc(CO)cc2)O[C@@H](c2ccc(NC(=O)CCCCCCC(=O)Nc3ccccc3N)cc2)O1)C[C@@H](O)c1cccc(O)c1. The summed E-state index contributed by atoms with van der Waals surface area (Å²) < 4.78 is 12.9. The Balaban J connectivity index is 1.10. The zero-order valence-electron chi connectivity index (χ0n) is 29.6. The minimum Gasteiger partial charge on any atom is -0.508 e. The van der Waals surface area contributed by atoms with Crippen LogP contribution in [0.1, 0.15) is 85.7 Å². The Morgan fingerprint density at radius 2 is 1.52 bits per heavy atom. The number of nitrogens with one attached hydrogen (secondary N) is 2. The number of nitrogens with zero attached hydrogens (tertiary/aromatic N) is 1. The molecule has 1 heterocycles. The predicted molar refractivity (Wildman–Crippen MR) is 201 cm³/mol. The highest BCUT2D eigenvalue weighted by atomic mass is 16.7. The van der Waals surface area contributed by atoms with Crippen LogP contribution >= 0.6 is 0 Å². The number of aromatic hydroxyl groups is 1. The van der Waals surface area contributed by atoms with Crippen molar-refractivity contribution < 1.29 is 34.4 Å². The average Bonchev–Trinajstić information content (AvgIpc) is 3.14. The molecule has 0 radical (unpaired) electrons. The molecule has 52 heavy (non-hydrogen) atoms. The zero-order chi connectivity index (χ0) is 36.9. The Morgan fingerprint density at radius 1 is 0.846 bits per heavy atom. The molecule has 0 saturated carbocycles. The van der Waals surface area contributed by atoms with Crippen molar-refractivity contribution in [1.29, 1.82) is 0 Å². The van der Waals surface area contributed by atoms with Gasteiger partial charge in [-0.3, -0.25) is 9.59 Å². The van der Waals surface area contributed by atoms with Gasteiger partial charge < -0.3 is 46.1 Å². The van der Waals surface area contributed by atoms with Crippen molar-refractivity contribution in [3.8, 4) is 5.75 Å². The van der Waals surface area contributed by atoms with Gasteiger partial charge in [0.1, 0.15) is 5.75 Å². The first-order valence-corrected chi connectivity index (χ1v) is 17.9. The number of ether oxygens (including phenoxy) is 2. The molecule has 2 amide bonds. The van der Waals surface area contributed by atoms with Gasteiger partial charge in [0.25, 0.3) is 0 Å². The monoisotopic (exact) mass is 710 g/mol. The summed E-state index contributed by atoms with van der Waals surface area (Å²) in [5, 5.41) is 36.0. The number of aliphatic hydroxyl groups excluding tert-OH is 2. The second-order valence-corrected chi connectivity index (χ2v) is 13.4. The number of likely N-dealkylation sites (N-methyl/N-ethyl adjacent to an activating group) is 1. The predicted octanol–water partition coefficient (Wildman–Crippen LogP) is 6.60. The number of nitrogens with two attached hydrogens (primary N) is 1. The third-order valence-electron chi connectivity index (χ3n) is 9.13. The van der Waals surface area contributed by atoms with Crippen molar-refractivity contribution in [3.63, 3.8) is 0 Å². The summed E-state index contributed by atoms with van der Waals surface area (Å²) in [5.74, 6) is -0.0337. The molecule has 0 aliphatic carbocycles. The Hall–Kier alpha value is -4.78. The van der Waals surface area contributed by atoms with Crippen molar-refractivity contribution >= 4 is 28.9 Å². The normalized spacial score (nSPS) is 17.8. The van der Waals surface area contributed by atoms with Gasteiger partial charge in [-0.2, -0.15) is 0 Å². The number of hydrogen-bond acceptors (Lipinski definition) is 9. The number of benzene rings is 4. The van der Waals surface area contributed by atoms with E-state index in [-0.39, 0.29) is 36.4 Å². The van der Waals surface area contributed by atoms with E-state index in [1.165, 1.54) is 0 Å². The second kappa shape index (κ2) is 19.2. The van der Waals surface area contributed by atoms with Gasteiger partial charge in [0, 0.05) is 43.6 Å². The number of aliphatic hydroxyl groups is 2. The third-order valence-corrected chi connectivity index (χ3v) is 9.13. The van der Waals surface area contributed by atoms with Crippen LogP contribution in [0.15, 0.2) is 97.1 Å². The maximum atomic E-state index is 12.7. The van der Waals surface area contributed by atoms with Crippen molar-refractivity contribution in [3.05, 3.63) is 119 Å². The van der Waals surface area contributed by atoms with Gasteiger partial charge in [0.2, 0.25) is 11.8 Å². The minimum atomic E-state index is -0.781. The summed E-state index contributed by atoms with van der Waals surface area (Å²) in [7, 11) is 1.92. The molecule has 276 valence electrons. The Morgan fingerprint density at radius 3 is 2.19 bits per heavy atom. The van der Waals surface area contributed by atoms with E-state index in [4.69, 9.17) is 15.2 Å². The molecule has 0 aromatic heterocycles. The fraction of sp³-hybridized carbons (Fsp3) is 0.366. The molecule has 5 rings (SSSR count). The topological polar surface area (TPSA) is 167 Å². The first kappa shape index (κ1) is 38.5. The number of anilines is 3. The van der Waals surface area contributed by atoms with Gasteiger partial charge in [0.05, 0.1) is 36.3 Å². The molecule has 0 unspecified atom stereocenters. The number of carbonyl (C=O) groups excluding carboxylic acids is 2. The summed E-state index contributed by atoms with van der Waals surface area (Å²) in [4.78, 5) is 26.9. The van der Waals surface area contributed by atoms with Crippen molar-refractivity contribution in [2.24, 2.45) is 0 Å². The lowest BCUT2D eigenvalue weighted by Gasteiger charge is -2.38. The van der Waals surface area contributed by atoms with Gasteiger partial charge in [-0.1, -0.05) is 73.5 Å². The Labute approximate surface area is 305 Å². The fourth-order valence-electron chi connectivity index (χ4n) is 6.28. The van der Waals surface area contributed by atoms with Crippen molar-refractivity contribution in [2.45, 2.75) is 76.2 Å². The molecule has 1 aliphatic heterocycles. The molecular formula is C41H50N4O7. The van der Waals surface area contributed by atoms with Crippen LogP contribution in [0.4, 0.5) is 17.1 Å². The van der Waals surface area contributed by atoms with E-state index in [9.17, 15) is 24.9 Å².